The van der Waals surface area contributed by atoms with Gasteiger partial charge in [-0.15, -0.1) is 5.10 Å². The van der Waals surface area contributed by atoms with E-state index >= 15 is 0 Å². The van der Waals surface area contributed by atoms with Crippen molar-refractivity contribution in [3.63, 3.8) is 0 Å². The van der Waals surface area contributed by atoms with Gasteiger partial charge < -0.3 is 29.6 Å². The van der Waals surface area contributed by atoms with Crippen LogP contribution in [-0.4, -0.2) is 49.1 Å². The van der Waals surface area contributed by atoms with Crippen molar-refractivity contribution in [1.82, 2.24) is 14.8 Å². The molecule has 0 atom stereocenters. The van der Waals surface area contributed by atoms with E-state index in [1.807, 2.05) is 48.5 Å². The Labute approximate surface area is 215 Å². The summed E-state index contributed by atoms with van der Waals surface area (Å²) in [6.45, 7) is 0.776. The maximum Gasteiger partial charge on any atom is 0.281 e. The van der Waals surface area contributed by atoms with E-state index in [4.69, 9.17) is 18.9 Å². The number of para-hydroxylation sites is 2. The maximum absolute atomic E-state index is 13.5. The second-order valence-corrected chi connectivity index (χ2v) is 7.88. The molecule has 0 aliphatic carbocycles. The van der Waals surface area contributed by atoms with E-state index in [0.29, 0.717) is 30.2 Å². The number of ether oxygens (including phenoxy) is 4. The molecule has 0 fully saturated rings. The normalized spacial score (nSPS) is 10.5. The van der Waals surface area contributed by atoms with Crippen LogP contribution in [0.4, 0.5) is 11.9 Å². The molecule has 1 aromatic heterocycles. The third-order valence-corrected chi connectivity index (χ3v) is 5.69. The molecule has 0 aliphatic heterocycles. The van der Waals surface area contributed by atoms with Crippen LogP contribution in [-0.2, 0) is 13.1 Å². The molecule has 0 radical (unpaired) electrons. The molecule has 4 aromatic rings. The molecule has 0 unspecified atom stereocenters. The van der Waals surface area contributed by atoms with Gasteiger partial charge in [0.15, 0.2) is 11.5 Å². The quantitative estimate of drug-likeness (QED) is 0.311. The molecule has 10 nitrogen and oxygen atoms in total. The van der Waals surface area contributed by atoms with Gasteiger partial charge in [0.1, 0.15) is 11.5 Å². The second-order valence-electron chi connectivity index (χ2n) is 7.88. The van der Waals surface area contributed by atoms with Gasteiger partial charge in [0.05, 0.1) is 28.4 Å². The SMILES string of the molecule is COc1ccccc1CNc1nc(NCc2ccccc2OC)n(C(=O)c2ccc(OC)c(OC)c2)n1. The lowest BCUT2D eigenvalue weighted by molar-refractivity contribution is 0.0947. The first-order valence-electron chi connectivity index (χ1n) is 11.5. The van der Waals surface area contributed by atoms with Crippen LogP contribution in [0.5, 0.6) is 23.0 Å². The monoisotopic (exact) mass is 503 g/mol. The Kier molecular flexibility index (Phi) is 8.09. The first kappa shape index (κ1) is 25.4. The van der Waals surface area contributed by atoms with E-state index in [2.05, 4.69) is 20.7 Å². The summed E-state index contributed by atoms with van der Waals surface area (Å²) in [4.78, 5) is 18.1. The van der Waals surface area contributed by atoms with Gasteiger partial charge in [0.25, 0.3) is 5.91 Å². The lowest BCUT2D eigenvalue weighted by Gasteiger charge is -2.11. The highest BCUT2D eigenvalue weighted by Crippen LogP contribution is 2.28. The molecular weight excluding hydrogens is 474 g/mol. The standard InChI is InChI=1S/C27H29N5O5/c1-34-21-11-7-5-9-19(21)16-28-26-30-27(29-17-20-10-6-8-12-22(20)35-2)32(31-26)25(33)18-13-14-23(36-3)24(15-18)37-4/h5-15H,16-17H2,1-4H3,(H2,28,29,30,31). The van der Waals surface area contributed by atoms with Crippen molar-refractivity contribution in [3.8, 4) is 23.0 Å². The third-order valence-electron chi connectivity index (χ3n) is 5.69. The molecule has 2 N–H and O–H groups in total. The first-order chi connectivity index (χ1) is 18.1. The minimum Gasteiger partial charge on any atom is -0.496 e. The molecule has 1 heterocycles. The zero-order chi connectivity index (χ0) is 26.2. The summed E-state index contributed by atoms with van der Waals surface area (Å²) in [6, 6.07) is 20.2. The number of methoxy groups -OCH3 is 4. The van der Waals surface area contributed by atoms with Gasteiger partial charge in [-0.1, -0.05) is 36.4 Å². The van der Waals surface area contributed by atoms with Crippen molar-refractivity contribution in [2.45, 2.75) is 13.1 Å². The molecule has 192 valence electrons. The highest BCUT2D eigenvalue weighted by atomic mass is 16.5. The summed E-state index contributed by atoms with van der Waals surface area (Å²) in [7, 11) is 6.29. The first-order valence-corrected chi connectivity index (χ1v) is 11.5. The van der Waals surface area contributed by atoms with Gasteiger partial charge >= 0.3 is 0 Å². The van der Waals surface area contributed by atoms with Crippen LogP contribution in [0, 0.1) is 0 Å². The Balaban J connectivity index is 1.64. The van der Waals surface area contributed by atoms with Crippen molar-refractivity contribution >= 4 is 17.8 Å². The van der Waals surface area contributed by atoms with Gasteiger partial charge in [0, 0.05) is 29.8 Å². The predicted octanol–water partition coefficient (Wildman–Crippen LogP) is 4.23. The van der Waals surface area contributed by atoms with Gasteiger partial charge in [-0.05, 0) is 30.3 Å². The number of rotatable bonds is 11. The number of carbonyl (C=O) groups is 1. The molecule has 0 saturated carbocycles. The van der Waals surface area contributed by atoms with Crippen molar-refractivity contribution in [1.29, 1.82) is 0 Å². The Morgan fingerprint density at radius 3 is 1.89 bits per heavy atom. The maximum atomic E-state index is 13.5. The zero-order valence-electron chi connectivity index (χ0n) is 21.1. The lowest BCUT2D eigenvalue weighted by Crippen LogP contribution is -2.18. The fourth-order valence-corrected chi connectivity index (χ4v) is 3.78. The Bertz CT molecular complexity index is 1370. The molecule has 0 aliphatic rings. The van der Waals surface area contributed by atoms with Crippen LogP contribution in [0.2, 0.25) is 0 Å². The molecule has 3 aromatic carbocycles. The summed E-state index contributed by atoms with van der Waals surface area (Å²) >= 11 is 0. The Morgan fingerprint density at radius 1 is 0.730 bits per heavy atom. The third kappa shape index (κ3) is 5.75. The number of benzene rings is 3. The van der Waals surface area contributed by atoms with E-state index < -0.39 is 0 Å². The van der Waals surface area contributed by atoms with E-state index in [1.54, 1.807) is 32.4 Å². The molecule has 0 spiro atoms. The molecule has 0 saturated heterocycles. The van der Waals surface area contributed by atoms with Gasteiger partial charge in [-0.2, -0.15) is 9.67 Å². The zero-order valence-corrected chi connectivity index (χ0v) is 21.1. The van der Waals surface area contributed by atoms with E-state index in [1.165, 1.54) is 18.9 Å². The smallest absolute Gasteiger partial charge is 0.281 e. The van der Waals surface area contributed by atoms with Crippen LogP contribution in [0.3, 0.4) is 0 Å². The van der Waals surface area contributed by atoms with Crippen LogP contribution in [0.25, 0.3) is 0 Å². The van der Waals surface area contributed by atoms with Crippen LogP contribution in [0.15, 0.2) is 66.7 Å². The number of hydrogen-bond acceptors (Lipinski definition) is 9. The predicted molar refractivity (Wildman–Crippen MR) is 140 cm³/mol. The average molecular weight is 504 g/mol. The van der Waals surface area contributed by atoms with Crippen molar-refractivity contribution in [2.75, 3.05) is 39.1 Å². The summed E-state index contributed by atoms with van der Waals surface area (Å²) in [6.07, 6.45) is 0. The highest BCUT2D eigenvalue weighted by Gasteiger charge is 2.20. The van der Waals surface area contributed by atoms with Crippen LogP contribution >= 0.6 is 0 Å². The fourth-order valence-electron chi connectivity index (χ4n) is 3.78. The fraction of sp³-hybridized carbons (Fsp3) is 0.222. The largest absolute Gasteiger partial charge is 0.496 e. The average Bonchev–Trinajstić information content (AvgIpc) is 3.37. The number of aromatic nitrogens is 3. The van der Waals surface area contributed by atoms with Gasteiger partial charge in [-0.3, -0.25) is 4.79 Å². The van der Waals surface area contributed by atoms with Gasteiger partial charge in [-0.25, -0.2) is 0 Å². The van der Waals surface area contributed by atoms with Crippen molar-refractivity contribution < 1.29 is 23.7 Å². The van der Waals surface area contributed by atoms with Crippen LogP contribution in [0.1, 0.15) is 21.5 Å². The van der Waals surface area contributed by atoms with Crippen LogP contribution < -0.4 is 29.6 Å². The van der Waals surface area contributed by atoms with Crippen molar-refractivity contribution in [3.05, 3.63) is 83.4 Å². The Hall–Kier alpha value is -4.73. The molecule has 0 amide bonds. The number of hydrogen-bond donors (Lipinski definition) is 2. The molecule has 37 heavy (non-hydrogen) atoms. The van der Waals surface area contributed by atoms with E-state index in [-0.39, 0.29) is 17.8 Å². The number of carbonyl (C=O) groups excluding carboxylic acids is 1. The second kappa shape index (κ2) is 11.8. The lowest BCUT2D eigenvalue weighted by atomic mass is 10.2. The Morgan fingerprint density at radius 2 is 1.30 bits per heavy atom. The number of nitrogens with one attached hydrogen (secondary N) is 2. The van der Waals surface area contributed by atoms with Crippen molar-refractivity contribution in [2.24, 2.45) is 0 Å². The molecular formula is C27H29N5O5. The highest BCUT2D eigenvalue weighted by molar-refractivity contribution is 5.97. The summed E-state index contributed by atoms with van der Waals surface area (Å²) < 4.78 is 22.7. The number of anilines is 2. The summed E-state index contributed by atoms with van der Waals surface area (Å²) in [5.74, 6) is 2.59. The number of nitrogens with zero attached hydrogens (tertiary/aromatic N) is 3. The van der Waals surface area contributed by atoms with Gasteiger partial charge in [0.2, 0.25) is 11.9 Å². The van der Waals surface area contributed by atoms with E-state index in [0.717, 1.165) is 22.6 Å². The molecule has 10 heteroatoms. The van der Waals surface area contributed by atoms with E-state index in [9.17, 15) is 4.79 Å². The topological polar surface area (TPSA) is 109 Å². The molecule has 0 bridgehead atoms. The summed E-state index contributed by atoms with van der Waals surface area (Å²) in [5.41, 5.74) is 2.19. The summed E-state index contributed by atoms with van der Waals surface area (Å²) in [5, 5.41) is 10.8. The minimum absolute atomic E-state index is 0.271. The molecule has 4 rings (SSSR count). The minimum atomic E-state index is -0.388.